The monoisotopic (exact) mass is 150 g/mol. The summed E-state index contributed by atoms with van der Waals surface area (Å²) >= 11 is 0.777. The normalized spacial score (nSPS) is 19.7. The van der Waals surface area contributed by atoms with Crippen LogP contribution in [0, 0.1) is 5.88 Å². The van der Waals surface area contributed by atoms with E-state index in [9.17, 15) is 8.78 Å². The second kappa shape index (κ2) is 2.56. The average molecular weight is 150 g/mol. The predicted molar refractivity (Wildman–Crippen MR) is 33.5 cm³/mol. The van der Waals surface area contributed by atoms with Crippen LogP contribution in [0.2, 0.25) is 0 Å². The van der Waals surface area contributed by atoms with Crippen LogP contribution in [0.15, 0.2) is 11.1 Å². The van der Waals surface area contributed by atoms with Crippen molar-refractivity contribution in [3.8, 4) is 0 Å². The minimum absolute atomic E-state index is 0.478. The lowest BCUT2D eigenvalue weighted by atomic mass is 10.6. The van der Waals surface area contributed by atoms with Gasteiger partial charge in [-0.15, -0.1) is 0 Å². The molecule has 4 heteroatoms. The number of thioether (sulfide) groups is 1. The molecule has 0 bridgehead atoms. The molecule has 0 aromatic rings. The Morgan fingerprint density at radius 3 is 2.56 bits per heavy atom. The van der Waals surface area contributed by atoms with Gasteiger partial charge in [0, 0.05) is 6.54 Å². The van der Waals surface area contributed by atoms with Crippen LogP contribution in [0.1, 0.15) is 6.92 Å². The van der Waals surface area contributed by atoms with Gasteiger partial charge < -0.3 is 4.90 Å². The van der Waals surface area contributed by atoms with E-state index in [0.29, 0.717) is 6.54 Å². The third-order valence-electron chi connectivity index (χ3n) is 1.04. The molecule has 51 valence electrons. The van der Waals surface area contributed by atoms with Crippen molar-refractivity contribution in [1.82, 2.24) is 4.90 Å². The summed E-state index contributed by atoms with van der Waals surface area (Å²) in [5.74, 6) is 0.660. The molecule has 0 aromatic heterocycles. The number of hydrogen-bond donors (Lipinski definition) is 0. The highest BCUT2D eigenvalue weighted by molar-refractivity contribution is 8.04. The van der Waals surface area contributed by atoms with E-state index in [1.807, 2.05) is 0 Å². The molecule has 0 saturated heterocycles. The van der Waals surface area contributed by atoms with E-state index in [1.165, 1.54) is 10.8 Å². The molecule has 0 aliphatic carbocycles. The predicted octanol–water partition coefficient (Wildman–Crippen LogP) is 2.24. The van der Waals surface area contributed by atoms with Gasteiger partial charge in [-0.05, 0) is 6.92 Å². The first-order valence-electron chi connectivity index (χ1n) is 2.57. The molecule has 1 aliphatic heterocycles. The first kappa shape index (κ1) is 6.86. The Hall–Kier alpha value is -0.250. The van der Waals surface area contributed by atoms with E-state index in [-0.39, 0.29) is 0 Å². The Morgan fingerprint density at radius 1 is 1.67 bits per heavy atom. The molecular formula is C5H6F2NS. The molecular weight excluding hydrogens is 144 g/mol. The Bertz CT molecular complexity index is 146. The first-order valence-corrected chi connectivity index (χ1v) is 3.45. The van der Waals surface area contributed by atoms with Crippen LogP contribution < -0.4 is 0 Å². The highest BCUT2D eigenvalue weighted by Crippen LogP contribution is 2.36. The third-order valence-corrected chi connectivity index (χ3v) is 1.77. The summed E-state index contributed by atoms with van der Waals surface area (Å²) in [6.45, 7) is 2.24. The summed E-state index contributed by atoms with van der Waals surface area (Å²) in [6.07, 6.45) is 0. The summed E-state index contributed by atoms with van der Waals surface area (Å²) in [4.78, 5) is 1.22. The van der Waals surface area contributed by atoms with E-state index >= 15 is 0 Å². The van der Waals surface area contributed by atoms with Crippen LogP contribution in [0.4, 0.5) is 8.78 Å². The second-order valence-electron chi connectivity index (χ2n) is 1.57. The van der Waals surface area contributed by atoms with E-state index in [1.54, 1.807) is 6.92 Å². The van der Waals surface area contributed by atoms with E-state index in [0.717, 1.165) is 11.8 Å². The minimum atomic E-state index is -0.762. The summed E-state index contributed by atoms with van der Waals surface area (Å²) in [6, 6.07) is 0. The SMILES string of the molecule is CCN1[CH]SC(F)=C1F. The molecule has 0 fully saturated rings. The van der Waals surface area contributed by atoms with Crippen molar-refractivity contribution in [2.24, 2.45) is 0 Å². The molecule has 0 unspecified atom stereocenters. The molecule has 0 saturated carbocycles. The van der Waals surface area contributed by atoms with Gasteiger partial charge in [-0.1, -0.05) is 11.8 Å². The summed E-state index contributed by atoms with van der Waals surface area (Å²) in [5.41, 5.74) is 0. The number of rotatable bonds is 1. The Labute approximate surface area is 56.7 Å². The molecule has 0 aromatic carbocycles. The van der Waals surface area contributed by atoms with Gasteiger partial charge in [0.15, 0.2) is 0 Å². The van der Waals surface area contributed by atoms with Gasteiger partial charge >= 0.3 is 0 Å². The molecule has 1 radical (unpaired) electrons. The van der Waals surface area contributed by atoms with Gasteiger partial charge in [0.1, 0.15) is 5.88 Å². The lowest BCUT2D eigenvalue weighted by Gasteiger charge is -2.09. The zero-order valence-corrected chi connectivity index (χ0v) is 5.71. The molecule has 1 aliphatic rings. The number of hydrogen-bond acceptors (Lipinski definition) is 2. The van der Waals surface area contributed by atoms with Gasteiger partial charge in [-0.3, -0.25) is 0 Å². The van der Waals surface area contributed by atoms with Gasteiger partial charge in [0.2, 0.25) is 11.1 Å². The Morgan fingerprint density at radius 2 is 2.33 bits per heavy atom. The zero-order chi connectivity index (χ0) is 6.85. The number of halogens is 2. The lowest BCUT2D eigenvalue weighted by Crippen LogP contribution is -2.11. The standard InChI is InChI=1S/C5H6F2NS/c1-2-8-3-9-5(7)4(8)6/h3H,2H2,1H3. The molecule has 1 nitrogen and oxygen atoms in total. The molecule has 0 amide bonds. The van der Waals surface area contributed by atoms with Gasteiger partial charge in [-0.25, -0.2) is 0 Å². The van der Waals surface area contributed by atoms with Crippen molar-refractivity contribution in [3.05, 3.63) is 17.0 Å². The third kappa shape index (κ3) is 1.18. The van der Waals surface area contributed by atoms with Crippen molar-refractivity contribution in [1.29, 1.82) is 0 Å². The van der Waals surface area contributed by atoms with Crippen LogP contribution in [-0.4, -0.2) is 11.4 Å². The van der Waals surface area contributed by atoms with Crippen LogP contribution in [-0.2, 0) is 0 Å². The molecule has 1 rings (SSSR count). The van der Waals surface area contributed by atoms with Crippen molar-refractivity contribution < 1.29 is 8.78 Å². The fourth-order valence-corrected chi connectivity index (χ4v) is 1.21. The molecule has 1 heterocycles. The van der Waals surface area contributed by atoms with Crippen LogP contribution >= 0.6 is 11.8 Å². The largest absolute Gasteiger partial charge is 0.330 e. The fraction of sp³-hybridized carbons (Fsp3) is 0.400. The molecule has 0 N–H and O–H groups in total. The smallest absolute Gasteiger partial charge is 0.233 e. The topological polar surface area (TPSA) is 3.24 Å². The average Bonchev–Trinajstić information content (AvgIpc) is 2.15. The first-order chi connectivity index (χ1) is 4.25. The summed E-state index contributed by atoms with van der Waals surface area (Å²) in [7, 11) is 0. The molecule has 0 atom stereocenters. The minimum Gasteiger partial charge on any atom is -0.330 e. The molecule has 0 spiro atoms. The van der Waals surface area contributed by atoms with Crippen LogP contribution in [0.3, 0.4) is 0 Å². The maximum atomic E-state index is 12.4. The number of nitrogens with zero attached hydrogens (tertiary/aromatic N) is 1. The molecule has 9 heavy (non-hydrogen) atoms. The zero-order valence-electron chi connectivity index (χ0n) is 4.90. The lowest BCUT2D eigenvalue weighted by molar-refractivity contribution is 0.347. The van der Waals surface area contributed by atoms with Crippen LogP contribution in [0.5, 0.6) is 0 Å². The second-order valence-corrected chi connectivity index (χ2v) is 2.38. The highest BCUT2D eigenvalue weighted by atomic mass is 32.2. The van der Waals surface area contributed by atoms with Crippen molar-refractivity contribution in [3.63, 3.8) is 0 Å². The van der Waals surface area contributed by atoms with E-state index in [2.05, 4.69) is 0 Å². The van der Waals surface area contributed by atoms with E-state index in [4.69, 9.17) is 0 Å². The van der Waals surface area contributed by atoms with Crippen molar-refractivity contribution in [2.75, 3.05) is 6.54 Å². The van der Waals surface area contributed by atoms with Crippen molar-refractivity contribution in [2.45, 2.75) is 6.92 Å². The van der Waals surface area contributed by atoms with Gasteiger partial charge in [0.05, 0.1) is 0 Å². The van der Waals surface area contributed by atoms with Crippen molar-refractivity contribution >= 4 is 11.8 Å². The maximum absolute atomic E-state index is 12.4. The van der Waals surface area contributed by atoms with Crippen LogP contribution in [0.25, 0.3) is 0 Å². The summed E-state index contributed by atoms with van der Waals surface area (Å²) in [5, 5.41) is -0.739. The quantitative estimate of drug-likeness (QED) is 0.527. The Kier molecular flexibility index (Phi) is 1.95. The van der Waals surface area contributed by atoms with E-state index < -0.39 is 11.1 Å². The fourth-order valence-electron chi connectivity index (χ4n) is 0.531. The highest BCUT2D eigenvalue weighted by Gasteiger charge is 2.22. The maximum Gasteiger partial charge on any atom is 0.233 e. The summed E-state index contributed by atoms with van der Waals surface area (Å²) < 4.78 is 24.5. The van der Waals surface area contributed by atoms with Gasteiger partial charge in [-0.2, -0.15) is 8.78 Å². The Balaban J connectivity index is 2.63. The van der Waals surface area contributed by atoms with Gasteiger partial charge in [0.25, 0.3) is 0 Å².